The van der Waals surface area contributed by atoms with Gasteiger partial charge in [-0.15, -0.1) is 0 Å². The van der Waals surface area contributed by atoms with Crippen LogP contribution in [0.2, 0.25) is 0 Å². The Morgan fingerprint density at radius 1 is 0.846 bits per heavy atom. The van der Waals surface area contributed by atoms with Gasteiger partial charge in [0.15, 0.2) is 0 Å². The lowest BCUT2D eigenvalue weighted by Gasteiger charge is -2.12. The summed E-state index contributed by atoms with van der Waals surface area (Å²) in [6.07, 6.45) is 3.46. The molecule has 26 heavy (non-hydrogen) atoms. The van der Waals surface area contributed by atoms with Crippen LogP contribution in [0.5, 0.6) is 0 Å². The number of benzene rings is 2. The first-order valence-electron chi connectivity index (χ1n) is 8.39. The monoisotopic (exact) mass is 342 g/mol. The standard InChI is InChI=1S/C21H18N4O/c1-13-7-8-15(11-14(13)2)24-21(26)25-19-12-18-16(5-3-9-22-18)17-6-4-10-23-20(17)19/h3-12H,1-2H3,(H2,24,25,26). The fourth-order valence-electron chi connectivity index (χ4n) is 3.00. The van der Waals surface area contributed by atoms with Crippen LogP contribution in [-0.2, 0) is 0 Å². The minimum absolute atomic E-state index is 0.310. The van der Waals surface area contributed by atoms with Crippen LogP contribution < -0.4 is 10.6 Å². The van der Waals surface area contributed by atoms with E-state index < -0.39 is 0 Å². The highest BCUT2D eigenvalue weighted by Crippen LogP contribution is 2.29. The molecule has 0 aliphatic rings. The summed E-state index contributed by atoms with van der Waals surface area (Å²) in [7, 11) is 0. The summed E-state index contributed by atoms with van der Waals surface area (Å²) in [5.74, 6) is 0. The maximum absolute atomic E-state index is 12.5. The Hall–Kier alpha value is -3.47. The molecule has 4 rings (SSSR count). The van der Waals surface area contributed by atoms with Gasteiger partial charge in [-0.3, -0.25) is 9.97 Å². The van der Waals surface area contributed by atoms with Crippen molar-refractivity contribution in [1.29, 1.82) is 0 Å². The maximum atomic E-state index is 12.5. The number of anilines is 2. The molecule has 0 fully saturated rings. The Labute approximate surface area is 151 Å². The van der Waals surface area contributed by atoms with Gasteiger partial charge < -0.3 is 10.6 Å². The SMILES string of the molecule is Cc1ccc(NC(=O)Nc2cc3ncccc3c3cccnc23)cc1C. The van der Waals surface area contributed by atoms with E-state index in [0.29, 0.717) is 5.69 Å². The van der Waals surface area contributed by atoms with Crippen LogP contribution in [0.1, 0.15) is 11.1 Å². The third kappa shape index (κ3) is 2.95. The van der Waals surface area contributed by atoms with Crippen molar-refractivity contribution < 1.29 is 4.79 Å². The normalized spacial score (nSPS) is 10.8. The van der Waals surface area contributed by atoms with Crippen molar-refractivity contribution >= 4 is 39.2 Å². The van der Waals surface area contributed by atoms with Crippen LogP contribution in [-0.4, -0.2) is 16.0 Å². The topological polar surface area (TPSA) is 66.9 Å². The zero-order valence-electron chi connectivity index (χ0n) is 14.6. The predicted molar refractivity (Wildman–Crippen MR) is 106 cm³/mol. The number of nitrogens with zero attached hydrogens (tertiary/aromatic N) is 2. The second-order valence-electron chi connectivity index (χ2n) is 6.27. The fourth-order valence-corrected chi connectivity index (χ4v) is 3.00. The van der Waals surface area contributed by atoms with Crippen molar-refractivity contribution in [1.82, 2.24) is 9.97 Å². The number of rotatable bonds is 2. The van der Waals surface area contributed by atoms with Crippen LogP contribution in [0.4, 0.5) is 16.2 Å². The van der Waals surface area contributed by atoms with E-state index in [9.17, 15) is 4.79 Å². The molecule has 2 heterocycles. The molecule has 2 aromatic carbocycles. The quantitative estimate of drug-likeness (QED) is 0.501. The molecule has 0 atom stereocenters. The summed E-state index contributed by atoms with van der Waals surface area (Å²) in [6, 6.07) is 15.1. The number of carbonyl (C=O) groups is 1. The first-order valence-corrected chi connectivity index (χ1v) is 8.39. The molecular weight excluding hydrogens is 324 g/mol. The van der Waals surface area contributed by atoms with Crippen molar-refractivity contribution in [2.24, 2.45) is 0 Å². The third-order valence-electron chi connectivity index (χ3n) is 4.49. The molecule has 2 aromatic heterocycles. The minimum atomic E-state index is -0.310. The Morgan fingerprint density at radius 3 is 2.42 bits per heavy atom. The van der Waals surface area contributed by atoms with Gasteiger partial charge >= 0.3 is 6.03 Å². The minimum Gasteiger partial charge on any atom is -0.308 e. The van der Waals surface area contributed by atoms with E-state index in [4.69, 9.17) is 0 Å². The number of nitrogens with one attached hydrogen (secondary N) is 2. The summed E-state index contributed by atoms with van der Waals surface area (Å²) >= 11 is 0. The average Bonchev–Trinajstić information content (AvgIpc) is 2.65. The molecule has 2 amide bonds. The molecular formula is C21H18N4O. The van der Waals surface area contributed by atoms with E-state index in [0.717, 1.165) is 33.1 Å². The predicted octanol–water partition coefficient (Wildman–Crippen LogP) is 5.04. The molecule has 0 aliphatic heterocycles. The molecule has 0 bridgehead atoms. The van der Waals surface area contributed by atoms with Crippen LogP contribution in [0.3, 0.4) is 0 Å². The lowest BCUT2D eigenvalue weighted by Crippen LogP contribution is -2.19. The highest BCUT2D eigenvalue weighted by Gasteiger charge is 2.11. The van der Waals surface area contributed by atoms with Crippen molar-refractivity contribution in [3.05, 3.63) is 72.1 Å². The fraction of sp³-hybridized carbons (Fsp3) is 0.0952. The summed E-state index contributed by atoms with van der Waals surface area (Å²) in [5, 5.41) is 7.75. The second kappa shape index (κ2) is 6.44. The first-order chi connectivity index (χ1) is 12.6. The molecule has 5 heteroatoms. The van der Waals surface area contributed by atoms with E-state index in [-0.39, 0.29) is 6.03 Å². The van der Waals surface area contributed by atoms with Gasteiger partial charge in [0.2, 0.25) is 0 Å². The lowest BCUT2D eigenvalue weighted by atomic mass is 10.1. The van der Waals surface area contributed by atoms with E-state index in [1.54, 1.807) is 12.4 Å². The van der Waals surface area contributed by atoms with Crippen LogP contribution >= 0.6 is 0 Å². The Bertz CT molecular complexity index is 1140. The van der Waals surface area contributed by atoms with Gasteiger partial charge in [-0.25, -0.2) is 4.79 Å². The number of aryl methyl sites for hydroxylation is 2. The summed E-state index contributed by atoms with van der Waals surface area (Å²) in [4.78, 5) is 21.3. The molecule has 2 N–H and O–H groups in total. The molecule has 0 spiro atoms. The lowest BCUT2D eigenvalue weighted by molar-refractivity contribution is 0.262. The molecule has 0 saturated heterocycles. The number of hydrogen-bond donors (Lipinski definition) is 2. The van der Waals surface area contributed by atoms with Crippen LogP contribution in [0.15, 0.2) is 60.9 Å². The largest absolute Gasteiger partial charge is 0.323 e. The Kier molecular flexibility index (Phi) is 3.97. The molecule has 128 valence electrons. The van der Waals surface area contributed by atoms with E-state index in [1.807, 2.05) is 62.4 Å². The summed E-state index contributed by atoms with van der Waals surface area (Å²) in [6.45, 7) is 4.06. The summed E-state index contributed by atoms with van der Waals surface area (Å²) < 4.78 is 0. The van der Waals surface area contributed by atoms with Gasteiger partial charge in [-0.05, 0) is 55.3 Å². The second-order valence-corrected chi connectivity index (χ2v) is 6.27. The number of carbonyl (C=O) groups excluding carboxylic acids is 1. The van der Waals surface area contributed by atoms with Crippen molar-refractivity contribution in [2.75, 3.05) is 10.6 Å². The molecule has 0 aliphatic carbocycles. The number of amides is 2. The molecule has 4 aromatic rings. The summed E-state index contributed by atoms with van der Waals surface area (Å²) in [5.41, 5.74) is 5.25. The van der Waals surface area contributed by atoms with Crippen LogP contribution in [0, 0.1) is 13.8 Å². The number of urea groups is 1. The van der Waals surface area contributed by atoms with Gasteiger partial charge in [-0.1, -0.05) is 18.2 Å². The number of fused-ring (bicyclic) bond motifs is 3. The van der Waals surface area contributed by atoms with E-state index >= 15 is 0 Å². The van der Waals surface area contributed by atoms with Gasteiger partial charge in [0, 0.05) is 28.9 Å². The van der Waals surface area contributed by atoms with Gasteiger partial charge in [-0.2, -0.15) is 0 Å². The maximum Gasteiger partial charge on any atom is 0.323 e. The number of hydrogen-bond acceptors (Lipinski definition) is 3. The van der Waals surface area contributed by atoms with E-state index in [1.165, 1.54) is 5.56 Å². The molecule has 0 unspecified atom stereocenters. The molecule has 5 nitrogen and oxygen atoms in total. The van der Waals surface area contributed by atoms with Gasteiger partial charge in [0.05, 0.1) is 16.7 Å². The number of aromatic nitrogens is 2. The molecule has 0 saturated carbocycles. The Balaban J connectivity index is 1.69. The first kappa shape index (κ1) is 16.0. The Morgan fingerprint density at radius 2 is 1.62 bits per heavy atom. The van der Waals surface area contributed by atoms with Crippen molar-refractivity contribution in [3.8, 4) is 0 Å². The van der Waals surface area contributed by atoms with Crippen molar-refractivity contribution in [2.45, 2.75) is 13.8 Å². The zero-order chi connectivity index (χ0) is 18.1. The highest BCUT2D eigenvalue weighted by molar-refractivity contribution is 6.13. The van der Waals surface area contributed by atoms with E-state index in [2.05, 4.69) is 20.6 Å². The van der Waals surface area contributed by atoms with Gasteiger partial charge in [0.25, 0.3) is 0 Å². The third-order valence-corrected chi connectivity index (χ3v) is 4.49. The van der Waals surface area contributed by atoms with Crippen LogP contribution in [0.25, 0.3) is 21.8 Å². The average molecular weight is 342 g/mol. The van der Waals surface area contributed by atoms with Crippen molar-refractivity contribution in [3.63, 3.8) is 0 Å². The zero-order valence-corrected chi connectivity index (χ0v) is 14.6. The highest BCUT2D eigenvalue weighted by atomic mass is 16.2. The smallest absolute Gasteiger partial charge is 0.308 e. The van der Waals surface area contributed by atoms with Gasteiger partial charge in [0.1, 0.15) is 0 Å². The molecule has 0 radical (unpaired) electrons. The number of pyridine rings is 2.